The molecule has 0 aromatic rings. The zero-order valence-corrected chi connectivity index (χ0v) is 9.97. The summed E-state index contributed by atoms with van der Waals surface area (Å²) in [4.78, 5) is 0. The fourth-order valence-corrected chi connectivity index (χ4v) is 1.74. The standard InChI is InChI=1S/C12H28N2/c1-3-8-12(14)10-7-5-4-6-9-11(2)13/h11-12H,3-10,13-14H2,1-2H3. The largest absolute Gasteiger partial charge is 0.328 e. The van der Waals surface area contributed by atoms with Crippen molar-refractivity contribution in [2.24, 2.45) is 11.5 Å². The minimum absolute atomic E-state index is 0.373. The van der Waals surface area contributed by atoms with Gasteiger partial charge < -0.3 is 11.5 Å². The van der Waals surface area contributed by atoms with Gasteiger partial charge in [-0.2, -0.15) is 0 Å². The summed E-state index contributed by atoms with van der Waals surface area (Å²) in [6, 6.07) is 0.811. The number of rotatable bonds is 9. The Labute approximate surface area is 89.4 Å². The van der Waals surface area contributed by atoms with Gasteiger partial charge in [0.2, 0.25) is 0 Å². The molecule has 86 valence electrons. The summed E-state index contributed by atoms with van der Waals surface area (Å²) in [5, 5.41) is 0. The van der Waals surface area contributed by atoms with Gasteiger partial charge in [-0.15, -0.1) is 0 Å². The minimum Gasteiger partial charge on any atom is -0.328 e. The van der Waals surface area contributed by atoms with Crippen molar-refractivity contribution in [1.29, 1.82) is 0 Å². The van der Waals surface area contributed by atoms with Crippen LogP contribution in [0.4, 0.5) is 0 Å². The van der Waals surface area contributed by atoms with Gasteiger partial charge in [0, 0.05) is 12.1 Å². The third-order valence-corrected chi connectivity index (χ3v) is 2.64. The quantitative estimate of drug-likeness (QED) is 0.562. The smallest absolute Gasteiger partial charge is 0.00387 e. The monoisotopic (exact) mass is 200 g/mol. The molecule has 0 aliphatic carbocycles. The van der Waals surface area contributed by atoms with Crippen molar-refractivity contribution >= 4 is 0 Å². The van der Waals surface area contributed by atoms with Crippen LogP contribution in [-0.2, 0) is 0 Å². The van der Waals surface area contributed by atoms with Gasteiger partial charge in [-0.1, -0.05) is 39.0 Å². The highest BCUT2D eigenvalue weighted by Crippen LogP contribution is 2.09. The molecule has 0 aromatic heterocycles. The van der Waals surface area contributed by atoms with Crippen LogP contribution in [0.2, 0.25) is 0 Å². The Morgan fingerprint density at radius 1 is 0.857 bits per heavy atom. The summed E-state index contributed by atoms with van der Waals surface area (Å²) < 4.78 is 0. The van der Waals surface area contributed by atoms with Crippen molar-refractivity contribution in [3.8, 4) is 0 Å². The summed E-state index contributed by atoms with van der Waals surface area (Å²) in [7, 11) is 0. The van der Waals surface area contributed by atoms with E-state index in [1.54, 1.807) is 0 Å². The highest BCUT2D eigenvalue weighted by atomic mass is 14.6. The third kappa shape index (κ3) is 10.0. The first-order valence-electron chi connectivity index (χ1n) is 6.18. The molecule has 0 bridgehead atoms. The van der Waals surface area contributed by atoms with Crippen LogP contribution in [-0.4, -0.2) is 12.1 Å². The average molecular weight is 200 g/mol. The van der Waals surface area contributed by atoms with Crippen molar-refractivity contribution in [2.75, 3.05) is 0 Å². The minimum atomic E-state index is 0.373. The van der Waals surface area contributed by atoms with E-state index in [0.29, 0.717) is 12.1 Å². The van der Waals surface area contributed by atoms with E-state index >= 15 is 0 Å². The van der Waals surface area contributed by atoms with Crippen molar-refractivity contribution in [2.45, 2.75) is 77.3 Å². The molecule has 2 nitrogen and oxygen atoms in total. The van der Waals surface area contributed by atoms with Crippen molar-refractivity contribution in [3.63, 3.8) is 0 Å². The Balaban J connectivity index is 3.05. The normalized spacial score (nSPS) is 15.4. The number of hydrogen-bond acceptors (Lipinski definition) is 2. The maximum atomic E-state index is 5.93. The fourth-order valence-electron chi connectivity index (χ4n) is 1.74. The molecular weight excluding hydrogens is 172 g/mol. The molecule has 4 N–H and O–H groups in total. The van der Waals surface area contributed by atoms with Gasteiger partial charge in [-0.05, 0) is 26.2 Å². The zero-order chi connectivity index (χ0) is 10.8. The lowest BCUT2D eigenvalue weighted by Crippen LogP contribution is -2.19. The first-order chi connectivity index (χ1) is 6.66. The molecule has 0 saturated heterocycles. The Hall–Kier alpha value is -0.0800. The van der Waals surface area contributed by atoms with Crippen LogP contribution in [0.15, 0.2) is 0 Å². The van der Waals surface area contributed by atoms with Crippen molar-refractivity contribution < 1.29 is 0 Å². The van der Waals surface area contributed by atoms with E-state index < -0.39 is 0 Å². The van der Waals surface area contributed by atoms with Crippen LogP contribution in [0.3, 0.4) is 0 Å². The number of unbranched alkanes of at least 4 members (excludes halogenated alkanes) is 3. The molecule has 0 aliphatic rings. The Bertz CT molecular complexity index is 113. The summed E-state index contributed by atoms with van der Waals surface area (Å²) in [6.45, 7) is 4.28. The van der Waals surface area contributed by atoms with E-state index in [-0.39, 0.29) is 0 Å². The lowest BCUT2D eigenvalue weighted by molar-refractivity contribution is 0.501. The second kappa shape index (κ2) is 9.47. The molecule has 0 radical (unpaired) electrons. The predicted molar refractivity (Wildman–Crippen MR) is 64.2 cm³/mol. The molecule has 0 heterocycles. The first-order valence-corrected chi connectivity index (χ1v) is 6.18. The second-order valence-electron chi connectivity index (χ2n) is 4.52. The van der Waals surface area contributed by atoms with Gasteiger partial charge >= 0.3 is 0 Å². The van der Waals surface area contributed by atoms with Crippen LogP contribution in [0.5, 0.6) is 0 Å². The summed E-state index contributed by atoms with van der Waals surface area (Å²) in [5.41, 5.74) is 11.6. The number of hydrogen-bond donors (Lipinski definition) is 2. The number of nitrogens with two attached hydrogens (primary N) is 2. The van der Waals surface area contributed by atoms with Crippen molar-refractivity contribution in [3.05, 3.63) is 0 Å². The summed E-state index contributed by atoms with van der Waals surface area (Å²) >= 11 is 0. The van der Waals surface area contributed by atoms with Gasteiger partial charge in [0.05, 0.1) is 0 Å². The molecule has 2 atom stereocenters. The van der Waals surface area contributed by atoms with E-state index in [2.05, 4.69) is 13.8 Å². The van der Waals surface area contributed by atoms with E-state index in [0.717, 1.165) is 0 Å². The van der Waals surface area contributed by atoms with E-state index in [9.17, 15) is 0 Å². The molecule has 0 amide bonds. The molecule has 0 rings (SSSR count). The van der Waals surface area contributed by atoms with Crippen LogP contribution in [0, 0.1) is 0 Å². The van der Waals surface area contributed by atoms with E-state index in [1.807, 2.05) is 0 Å². The van der Waals surface area contributed by atoms with Gasteiger partial charge in [-0.3, -0.25) is 0 Å². The van der Waals surface area contributed by atoms with Gasteiger partial charge in [-0.25, -0.2) is 0 Å². The summed E-state index contributed by atoms with van der Waals surface area (Å²) in [5.74, 6) is 0. The summed E-state index contributed by atoms with van der Waals surface area (Å²) in [6.07, 6.45) is 9.98. The molecule has 2 unspecified atom stereocenters. The maximum Gasteiger partial charge on any atom is 0.00387 e. The molecule has 0 spiro atoms. The molecule has 0 fully saturated rings. The van der Waals surface area contributed by atoms with Crippen molar-refractivity contribution in [1.82, 2.24) is 0 Å². The topological polar surface area (TPSA) is 52.0 Å². The Morgan fingerprint density at radius 2 is 1.43 bits per heavy atom. The lowest BCUT2D eigenvalue weighted by Gasteiger charge is -2.09. The van der Waals surface area contributed by atoms with Gasteiger partial charge in [0.15, 0.2) is 0 Å². The molecule has 0 saturated carbocycles. The second-order valence-corrected chi connectivity index (χ2v) is 4.52. The highest BCUT2D eigenvalue weighted by molar-refractivity contribution is 4.60. The van der Waals surface area contributed by atoms with Gasteiger partial charge in [0.25, 0.3) is 0 Å². The average Bonchev–Trinajstić information content (AvgIpc) is 2.11. The van der Waals surface area contributed by atoms with E-state index in [4.69, 9.17) is 11.5 Å². The van der Waals surface area contributed by atoms with Crippen LogP contribution in [0.1, 0.15) is 65.2 Å². The molecule has 0 aliphatic heterocycles. The maximum absolute atomic E-state index is 5.93. The lowest BCUT2D eigenvalue weighted by atomic mass is 10.0. The molecule has 14 heavy (non-hydrogen) atoms. The van der Waals surface area contributed by atoms with Gasteiger partial charge in [0.1, 0.15) is 0 Å². The highest BCUT2D eigenvalue weighted by Gasteiger charge is 2.00. The Kier molecular flexibility index (Phi) is 9.42. The van der Waals surface area contributed by atoms with E-state index in [1.165, 1.54) is 51.4 Å². The van der Waals surface area contributed by atoms with Crippen LogP contribution < -0.4 is 11.5 Å². The zero-order valence-electron chi connectivity index (χ0n) is 9.97. The van der Waals surface area contributed by atoms with Crippen LogP contribution >= 0.6 is 0 Å². The molecular formula is C12H28N2. The first kappa shape index (κ1) is 13.9. The predicted octanol–water partition coefficient (Wildman–Crippen LogP) is 2.80. The Morgan fingerprint density at radius 3 is 1.93 bits per heavy atom. The third-order valence-electron chi connectivity index (χ3n) is 2.64. The molecule has 0 aromatic carbocycles. The SMILES string of the molecule is CCCC(N)CCCCCCC(C)N. The van der Waals surface area contributed by atoms with Crippen LogP contribution in [0.25, 0.3) is 0 Å². The molecule has 2 heteroatoms. The fraction of sp³-hybridized carbons (Fsp3) is 1.00.